The summed E-state index contributed by atoms with van der Waals surface area (Å²) in [6.45, 7) is 1.76. The van der Waals surface area contributed by atoms with E-state index >= 15 is 0 Å². The maximum atomic E-state index is 11.6. The van der Waals surface area contributed by atoms with Crippen LogP contribution in [0.15, 0.2) is 18.2 Å². The number of hydrogen-bond acceptors (Lipinski definition) is 5. The Morgan fingerprint density at radius 2 is 2.28 bits per heavy atom. The molecule has 1 aromatic carbocycles. The Labute approximate surface area is 104 Å². The van der Waals surface area contributed by atoms with E-state index in [-0.39, 0.29) is 11.4 Å². The van der Waals surface area contributed by atoms with E-state index in [0.29, 0.717) is 12.2 Å². The van der Waals surface area contributed by atoms with Crippen molar-refractivity contribution in [1.82, 2.24) is 0 Å². The van der Waals surface area contributed by atoms with Crippen LogP contribution in [0.3, 0.4) is 0 Å². The third-order valence-electron chi connectivity index (χ3n) is 2.44. The fourth-order valence-electron chi connectivity index (χ4n) is 1.31. The lowest BCUT2D eigenvalue weighted by Gasteiger charge is -2.10. The van der Waals surface area contributed by atoms with Gasteiger partial charge in [0.2, 0.25) is 5.91 Å². The first-order valence-corrected chi connectivity index (χ1v) is 5.38. The number of hydrogen-bond donors (Lipinski definition) is 2. The molecule has 18 heavy (non-hydrogen) atoms. The van der Waals surface area contributed by atoms with Crippen molar-refractivity contribution < 1.29 is 14.5 Å². The molecule has 0 spiro atoms. The molecular weight excluding hydrogens is 238 g/mol. The lowest BCUT2D eigenvalue weighted by Crippen LogP contribution is -2.34. The minimum Gasteiger partial charge on any atom is -0.496 e. The van der Waals surface area contributed by atoms with E-state index in [1.165, 1.54) is 25.3 Å². The normalized spacial score (nSPS) is 11.7. The summed E-state index contributed by atoms with van der Waals surface area (Å²) < 4.78 is 4.89. The van der Waals surface area contributed by atoms with Crippen molar-refractivity contribution in [3.05, 3.63) is 28.3 Å². The van der Waals surface area contributed by atoms with Gasteiger partial charge in [-0.2, -0.15) is 0 Å². The molecule has 0 fully saturated rings. The number of nitrogens with zero attached hydrogens (tertiary/aromatic N) is 1. The Morgan fingerprint density at radius 3 is 2.78 bits per heavy atom. The highest BCUT2D eigenvalue weighted by molar-refractivity contribution is 5.96. The zero-order valence-corrected chi connectivity index (χ0v) is 10.2. The molecule has 0 aliphatic carbocycles. The van der Waals surface area contributed by atoms with Crippen molar-refractivity contribution in [2.24, 2.45) is 5.73 Å². The summed E-state index contributed by atoms with van der Waals surface area (Å²) in [6, 6.07) is 3.50. The number of nitro benzene ring substituents is 1. The largest absolute Gasteiger partial charge is 0.496 e. The van der Waals surface area contributed by atoms with E-state index in [9.17, 15) is 14.9 Å². The van der Waals surface area contributed by atoms with Crippen LogP contribution in [-0.4, -0.2) is 24.0 Å². The summed E-state index contributed by atoms with van der Waals surface area (Å²) in [7, 11) is 1.41. The van der Waals surface area contributed by atoms with Crippen LogP contribution in [0, 0.1) is 10.1 Å². The second kappa shape index (κ2) is 5.97. The highest BCUT2D eigenvalue weighted by Gasteiger charge is 2.19. The summed E-state index contributed by atoms with van der Waals surface area (Å²) in [5.41, 5.74) is 5.42. The average molecular weight is 253 g/mol. The number of nitrogens with one attached hydrogen (secondary N) is 1. The summed E-state index contributed by atoms with van der Waals surface area (Å²) >= 11 is 0. The van der Waals surface area contributed by atoms with Gasteiger partial charge in [-0.1, -0.05) is 6.92 Å². The fraction of sp³-hybridized carbons (Fsp3) is 0.364. The number of carbonyl (C=O) groups excluding carboxylic acids is 1. The van der Waals surface area contributed by atoms with E-state index in [0.717, 1.165) is 0 Å². The van der Waals surface area contributed by atoms with Gasteiger partial charge in [-0.3, -0.25) is 14.9 Å². The number of nitro groups is 1. The quantitative estimate of drug-likeness (QED) is 0.607. The standard InChI is InChI=1S/C11H15N3O4/c1-3-8(12)11(15)13-9-5-4-7(18-2)6-10(9)14(16)17/h4-6,8H,3,12H2,1-2H3,(H,13,15)/t8-/m1/s1. The van der Waals surface area contributed by atoms with Crippen LogP contribution in [0.2, 0.25) is 0 Å². The molecule has 0 radical (unpaired) electrons. The molecule has 0 saturated carbocycles. The number of carbonyl (C=O) groups is 1. The van der Waals surface area contributed by atoms with E-state index in [1.807, 2.05) is 0 Å². The number of anilines is 1. The third-order valence-corrected chi connectivity index (χ3v) is 2.44. The molecule has 7 nitrogen and oxygen atoms in total. The Morgan fingerprint density at radius 1 is 1.61 bits per heavy atom. The zero-order valence-electron chi connectivity index (χ0n) is 10.2. The van der Waals surface area contributed by atoms with Gasteiger partial charge in [-0.25, -0.2) is 0 Å². The monoisotopic (exact) mass is 253 g/mol. The number of ether oxygens (including phenoxy) is 1. The van der Waals surface area contributed by atoms with Crippen molar-refractivity contribution in [1.29, 1.82) is 0 Å². The molecule has 1 aromatic rings. The molecule has 0 saturated heterocycles. The summed E-state index contributed by atoms with van der Waals surface area (Å²) in [5, 5.41) is 13.3. The predicted octanol–water partition coefficient (Wildman–Crippen LogP) is 1.28. The van der Waals surface area contributed by atoms with Gasteiger partial charge in [0.1, 0.15) is 11.4 Å². The average Bonchev–Trinajstić information content (AvgIpc) is 2.37. The van der Waals surface area contributed by atoms with Crippen molar-refractivity contribution in [3.63, 3.8) is 0 Å². The number of benzene rings is 1. The molecule has 7 heteroatoms. The first-order valence-electron chi connectivity index (χ1n) is 5.38. The van der Waals surface area contributed by atoms with Gasteiger partial charge in [0.25, 0.3) is 5.69 Å². The second-order valence-electron chi connectivity index (χ2n) is 3.64. The van der Waals surface area contributed by atoms with E-state index in [4.69, 9.17) is 10.5 Å². The van der Waals surface area contributed by atoms with Crippen LogP contribution in [0.1, 0.15) is 13.3 Å². The van der Waals surface area contributed by atoms with Gasteiger partial charge in [-0.15, -0.1) is 0 Å². The molecular formula is C11H15N3O4. The molecule has 98 valence electrons. The maximum absolute atomic E-state index is 11.6. The minimum absolute atomic E-state index is 0.106. The van der Waals surface area contributed by atoms with E-state index in [1.54, 1.807) is 6.92 Å². The fourth-order valence-corrected chi connectivity index (χ4v) is 1.31. The van der Waals surface area contributed by atoms with Crippen molar-refractivity contribution in [2.45, 2.75) is 19.4 Å². The molecule has 0 aliphatic heterocycles. The van der Waals surface area contributed by atoms with Gasteiger partial charge >= 0.3 is 0 Å². The lowest BCUT2D eigenvalue weighted by atomic mass is 10.2. The Hall–Kier alpha value is -2.15. The van der Waals surface area contributed by atoms with Crippen LogP contribution < -0.4 is 15.8 Å². The number of nitrogens with two attached hydrogens (primary N) is 1. The molecule has 0 bridgehead atoms. The molecule has 0 aromatic heterocycles. The van der Waals surface area contributed by atoms with Gasteiger partial charge in [0.05, 0.1) is 24.1 Å². The number of methoxy groups -OCH3 is 1. The highest BCUT2D eigenvalue weighted by Crippen LogP contribution is 2.28. The van der Waals surface area contributed by atoms with Crippen molar-refractivity contribution in [2.75, 3.05) is 12.4 Å². The summed E-state index contributed by atoms with van der Waals surface area (Å²) in [4.78, 5) is 21.9. The lowest BCUT2D eigenvalue weighted by molar-refractivity contribution is -0.384. The first kappa shape index (κ1) is 13.9. The topological polar surface area (TPSA) is 107 Å². The van der Waals surface area contributed by atoms with E-state index in [2.05, 4.69) is 5.32 Å². The minimum atomic E-state index is -0.688. The van der Waals surface area contributed by atoms with Crippen molar-refractivity contribution in [3.8, 4) is 5.75 Å². The molecule has 0 aliphatic rings. The Bertz CT molecular complexity index is 462. The van der Waals surface area contributed by atoms with Crippen LogP contribution in [0.4, 0.5) is 11.4 Å². The summed E-state index contributed by atoms with van der Waals surface area (Å²) in [6.07, 6.45) is 0.454. The SMILES string of the molecule is CC[C@@H](N)C(=O)Nc1ccc(OC)cc1[N+](=O)[O-]. The van der Waals surface area contributed by atoms with Crippen molar-refractivity contribution >= 4 is 17.3 Å². The highest BCUT2D eigenvalue weighted by atomic mass is 16.6. The third kappa shape index (κ3) is 3.17. The molecule has 3 N–H and O–H groups in total. The molecule has 0 unspecified atom stereocenters. The smallest absolute Gasteiger partial charge is 0.296 e. The maximum Gasteiger partial charge on any atom is 0.296 e. The molecule has 1 atom stereocenters. The number of rotatable bonds is 5. The van der Waals surface area contributed by atoms with Gasteiger partial charge < -0.3 is 15.8 Å². The Balaban J connectivity index is 3.01. The number of amides is 1. The second-order valence-corrected chi connectivity index (χ2v) is 3.64. The molecule has 1 rings (SSSR count). The zero-order chi connectivity index (χ0) is 13.7. The van der Waals surface area contributed by atoms with Gasteiger partial charge in [0, 0.05) is 0 Å². The predicted molar refractivity (Wildman–Crippen MR) is 66.5 cm³/mol. The van der Waals surface area contributed by atoms with Gasteiger partial charge in [-0.05, 0) is 18.6 Å². The first-order chi connectivity index (χ1) is 8.49. The van der Waals surface area contributed by atoms with Crippen LogP contribution in [0.5, 0.6) is 5.75 Å². The van der Waals surface area contributed by atoms with Crippen LogP contribution in [-0.2, 0) is 4.79 Å². The van der Waals surface area contributed by atoms with Crippen LogP contribution in [0.25, 0.3) is 0 Å². The Kier molecular flexibility index (Phi) is 4.61. The summed E-state index contributed by atoms with van der Waals surface area (Å²) in [5.74, 6) is -0.106. The van der Waals surface area contributed by atoms with E-state index < -0.39 is 16.9 Å². The molecule has 1 amide bonds. The van der Waals surface area contributed by atoms with Crippen LogP contribution >= 0.6 is 0 Å². The van der Waals surface area contributed by atoms with Gasteiger partial charge in [0.15, 0.2) is 0 Å². The molecule has 0 heterocycles.